The highest BCUT2D eigenvalue weighted by atomic mass is 16.6. The van der Waals surface area contributed by atoms with Crippen molar-refractivity contribution < 1.29 is 4.92 Å². The molecule has 1 fully saturated rings. The lowest BCUT2D eigenvalue weighted by molar-refractivity contribution is -0.382. The molecule has 2 aromatic rings. The van der Waals surface area contributed by atoms with Gasteiger partial charge in [0.25, 0.3) is 0 Å². The van der Waals surface area contributed by atoms with Crippen LogP contribution in [-0.2, 0) is 0 Å². The van der Waals surface area contributed by atoms with E-state index < -0.39 is 0 Å². The number of nitrogens with one attached hydrogen (secondary N) is 1. The van der Waals surface area contributed by atoms with Gasteiger partial charge in [-0.1, -0.05) is 0 Å². The van der Waals surface area contributed by atoms with Crippen LogP contribution in [0, 0.1) is 10.1 Å². The molecule has 1 aliphatic heterocycles. The molecule has 1 aromatic carbocycles. The molecule has 2 heterocycles. The molecule has 1 saturated heterocycles. The Kier molecular flexibility index (Phi) is 3.47. The molecule has 3 rings (SSSR count). The fraction of sp³-hybridized carbons (Fsp3) is 0.400. The largest absolute Gasteiger partial charge is 0.360 e. The lowest BCUT2D eigenvalue weighted by atomic mass is 10.1. The van der Waals surface area contributed by atoms with E-state index in [1.54, 1.807) is 18.3 Å². The Morgan fingerprint density at radius 1 is 1.38 bits per heavy atom. The highest BCUT2D eigenvalue weighted by Crippen LogP contribution is 2.36. The summed E-state index contributed by atoms with van der Waals surface area (Å²) in [5.74, 6) is 0. The van der Waals surface area contributed by atoms with E-state index in [1.807, 2.05) is 12.1 Å². The van der Waals surface area contributed by atoms with Crippen LogP contribution < -0.4 is 10.2 Å². The van der Waals surface area contributed by atoms with Gasteiger partial charge in [-0.05, 0) is 38.1 Å². The van der Waals surface area contributed by atoms with Crippen LogP contribution in [0.4, 0.5) is 11.4 Å². The Bertz CT molecular complexity index is 688. The number of nitro groups is 1. The van der Waals surface area contributed by atoms with Crippen molar-refractivity contribution in [1.29, 1.82) is 0 Å². The molecule has 0 amide bonds. The van der Waals surface area contributed by atoms with E-state index in [-0.39, 0.29) is 16.7 Å². The molecule has 0 spiro atoms. The number of fused-ring (bicyclic) bond motifs is 1. The zero-order valence-electron chi connectivity index (χ0n) is 12.1. The van der Waals surface area contributed by atoms with Gasteiger partial charge in [-0.3, -0.25) is 15.1 Å². The van der Waals surface area contributed by atoms with Crippen LogP contribution in [-0.4, -0.2) is 35.1 Å². The first kappa shape index (κ1) is 13.8. The molecular weight excluding hydrogens is 268 g/mol. The number of pyridine rings is 1. The summed E-state index contributed by atoms with van der Waals surface area (Å²) in [5, 5.41) is 15.6. The van der Waals surface area contributed by atoms with Crippen LogP contribution in [0.2, 0.25) is 0 Å². The number of nitro benzene ring substituents is 1. The van der Waals surface area contributed by atoms with Crippen molar-refractivity contribution >= 4 is 22.3 Å². The minimum atomic E-state index is -0.293. The second-order valence-electron chi connectivity index (χ2n) is 5.57. The second-order valence-corrected chi connectivity index (χ2v) is 5.57. The molecule has 1 N–H and O–H groups in total. The van der Waals surface area contributed by atoms with Gasteiger partial charge in [0.1, 0.15) is 5.69 Å². The summed E-state index contributed by atoms with van der Waals surface area (Å²) in [6, 6.07) is 7.71. The minimum absolute atomic E-state index is 0.154. The van der Waals surface area contributed by atoms with E-state index >= 15 is 0 Å². The lowest BCUT2D eigenvalue weighted by Crippen LogP contribution is -2.54. The molecule has 0 radical (unpaired) electrons. The Balaban J connectivity index is 2.17. The highest BCUT2D eigenvalue weighted by Gasteiger charge is 2.29. The van der Waals surface area contributed by atoms with Gasteiger partial charge in [0.05, 0.1) is 15.8 Å². The number of benzene rings is 1. The maximum atomic E-state index is 11.6. The molecule has 0 aliphatic carbocycles. The Hall–Kier alpha value is -2.21. The molecule has 0 saturated carbocycles. The maximum absolute atomic E-state index is 11.6. The summed E-state index contributed by atoms with van der Waals surface area (Å²) in [4.78, 5) is 17.6. The van der Waals surface area contributed by atoms with Crippen molar-refractivity contribution in [3.05, 3.63) is 40.6 Å². The third-order valence-electron chi connectivity index (χ3n) is 3.99. The van der Waals surface area contributed by atoms with Crippen LogP contribution in [0.25, 0.3) is 10.9 Å². The van der Waals surface area contributed by atoms with Gasteiger partial charge >= 0.3 is 5.69 Å². The minimum Gasteiger partial charge on any atom is -0.360 e. The van der Waals surface area contributed by atoms with Gasteiger partial charge < -0.3 is 10.2 Å². The molecule has 1 aromatic heterocycles. The molecule has 110 valence electrons. The number of aromatic nitrogens is 1. The predicted octanol–water partition coefficient (Wildman–Crippen LogP) is 2.33. The van der Waals surface area contributed by atoms with Crippen molar-refractivity contribution in [1.82, 2.24) is 10.3 Å². The van der Waals surface area contributed by atoms with Gasteiger partial charge in [0.2, 0.25) is 0 Å². The zero-order valence-corrected chi connectivity index (χ0v) is 12.1. The van der Waals surface area contributed by atoms with Crippen molar-refractivity contribution in [3.63, 3.8) is 0 Å². The standard InChI is InChI=1S/C15H18N4O2/c1-10-9-18(11(2)8-17-10)14-6-5-13-12(4-3-7-16-13)15(14)19(20)21/h3-7,10-11,17H,8-9H2,1-2H3. The van der Waals surface area contributed by atoms with Crippen molar-refractivity contribution in [3.8, 4) is 0 Å². The third kappa shape index (κ3) is 2.42. The zero-order chi connectivity index (χ0) is 15.0. The van der Waals surface area contributed by atoms with E-state index in [4.69, 9.17) is 0 Å². The Morgan fingerprint density at radius 2 is 2.19 bits per heavy atom. The molecular formula is C15H18N4O2. The van der Waals surface area contributed by atoms with Gasteiger partial charge in [-0.25, -0.2) is 0 Å². The number of hydrogen-bond acceptors (Lipinski definition) is 5. The third-order valence-corrected chi connectivity index (χ3v) is 3.99. The van der Waals surface area contributed by atoms with E-state index in [0.29, 0.717) is 22.6 Å². The number of piperazine rings is 1. The first-order chi connectivity index (χ1) is 10.1. The quantitative estimate of drug-likeness (QED) is 0.677. The average Bonchev–Trinajstić information content (AvgIpc) is 2.48. The first-order valence-corrected chi connectivity index (χ1v) is 7.10. The first-order valence-electron chi connectivity index (χ1n) is 7.10. The summed E-state index contributed by atoms with van der Waals surface area (Å²) in [5.41, 5.74) is 1.49. The van der Waals surface area contributed by atoms with Crippen LogP contribution in [0.15, 0.2) is 30.5 Å². The summed E-state index contributed by atoms with van der Waals surface area (Å²) in [6.45, 7) is 5.75. The topological polar surface area (TPSA) is 71.3 Å². The summed E-state index contributed by atoms with van der Waals surface area (Å²) in [7, 11) is 0. The summed E-state index contributed by atoms with van der Waals surface area (Å²) >= 11 is 0. The predicted molar refractivity (Wildman–Crippen MR) is 82.7 cm³/mol. The fourth-order valence-corrected chi connectivity index (χ4v) is 2.91. The monoisotopic (exact) mass is 286 g/mol. The summed E-state index contributed by atoms with van der Waals surface area (Å²) in [6.07, 6.45) is 1.65. The summed E-state index contributed by atoms with van der Waals surface area (Å²) < 4.78 is 0. The molecule has 6 nitrogen and oxygen atoms in total. The average molecular weight is 286 g/mol. The van der Waals surface area contributed by atoms with Gasteiger partial charge in [0.15, 0.2) is 0 Å². The molecule has 1 aliphatic rings. The smallest absolute Gasteiger partial charge is 0.301 e. The van der Waals surface area contributed by atoms with E-state index in [0.717, 1.165) is 13.1 Å². The lowest BCUT2D eigenvalue weighted by Gasteiger charge is -2.38. The van der Waals surface area contributed by atoms with E-state index in [2.05, 4.69) is 29.0 Å². The van der Waals surface area contributed by atoms with Crippen molar-refractivity contribution in [2.75, 3.05) is 18.0 Å². The van der Waals surface area contributed by atoms with Crippen LogP contribution in [0.5, 0.6) is 0 Å². The molecule has 21 heavy (non-hydrogen) atoms. The highest BCUT2D eigenvalue weighted by molar-refractivity contribution is 5.94. The van der Waals surface area contributed by atoms with Crippen molar-refractivity contribution in [2.24, 2.45) is 0 Å². The maximum Gasteiger partial charge on any atom is 0.301 e. The second kappa shape index (κ2) is 5.29. The van der Waals surface area contributed by atoms with E-state index in [1.165, 1.54) is 0 Å². The van der Waals surface area contributed by atoms with Crippen LogP contribution in [0.1, 0.15) is 13.8 Å². The van der Waals surface area contributed by atoms with Crippen LogP contribution in [0.3, 0.4) is 0 Å². The number of rotatable bonds is 2. The normalized spacial score (nSPS) is 22.5. The number of nitrogens with zero attached hydrogens (tertiary/aromatic N) is 3. The molecule has 2 atom stereocenters. The molecule has 0 bridgehead atoms. The van der Waals surface area contributed by atoms with E-state index in [9.17, 15) is 10.1 Å². The van der Waals surface area contributed by atoms with Gasteiger partial charge in [0, 0.05) is 31.4 Å². The SMILES string of the molecule is CC1CN(c2ccc3ncccc3c2[N+](=O)[O-])C(C)CN1. The Labute approximate surface area is 122 Å². The molecule has 6 heteroatoms. The Morgan fingerprint density at radius 3 is 2.95 bits per heavy atom. The number of anilines is 1. The van der Waals surface area contributed by atoms with Gasteiger partial charge in [-0.15, -0.1) is 0 Å². The van der Waals surface area contributed by atoms with Crippen LogP contribution >= 0.6 is 0 Å². The van der Waals surface area contributed by atoms with Crippen molar-refractivity contribution in [2.45, 2.75) is 25.9 Å². The number of hydrogen-bond donors (Lipinski definition) is 1. The molecule has 2 unspecified atom stereocenters. The van der Waals surface area contributed by atoms with Gasteiger partial charge in [-0.2, -0.15) is 0 Å². The fourth-order valence-electron chi connectivity index (χ4n) is 2.91.